The smallest absolute Gasteiger partial charge is 0.335 e. The minimum absolute atomic E-state index is 0.0372. The number of ether oxygens (including phenoxy) is 2. The van der Waals surface area contributed by atoms with Gasteiger partial charge in [0.05, 0.1) is 12.2 Å². The second-order valence-electron chi connectivity index (χ2n) is 4.42. The minimum atomic E-state index is -2.59. The Balaban J connectivity index is 2.11. The number of aromatic carboxylic acids is 1. The van der Waals surface area contributed by atoms with Crippen molar-refractivity contribution in [1.29, 1.82) is 0 Å². The van der Waals surface area contributed by atoms with Gasteiger partial charge >= 0.3 is 5.97 Å². The lowest BCUT2D eigenvalue weighted by Crippen LogP contribution is -2.09. The average Bonchev–Trinajstić information content (AvgIpc) is 3.18. The molecule has 0 aliphatic heterocycles. The largest absolute Gasteiger partial charge is 0.489 e. The molecule has 19 heavy (non-hydrogen) atoms. The summed E-state index contributed by atoms with van der Waals surface area (Å²) in [5.74, 6) is -0.286. The molecule has 0 spiro atoms. The maximum atomic E-state index is 12.1. The third-order valence-corrected chi connectivity index (χ3v) is 2.73. The van der Waals surface area contributed by atoms with E-state index in [4.69, 9.17) is 14.6 Å². The maximum Gasteiger partial charge on any atom is 0.335 e. The molecule has 0 bridgehead atoms. The van der Waals surface area contributed by atoms with Gasteiger partial charge in [0.1, 0.15) is 6.61 Å². The summed E-state index contributed by atoms with van der Waals surface area (Å²) in [5.41, 5.74) is 0.0372. The number of carboxylic acid groups (broad SMARTS) is 1. The fourth-order valence-corrected chi connectivity index (χ4v) is 1.52. The van der Waals surface area contributed by atoms with Crippen LogP contribution in [0.2, 0.25) is 0 Å². The van der Waals surface area contributed by atoms with Crippen LogP contribution in [0.15, 0.2) is 18.2 Å². The van der Waals surface area contributed by atoms with Crippen molar-refractivity contribution in [3.05, 3.63) is 23.8 Å². The lowest BCUT2D eigenvalue weighted by atomic mass is 10.2. The van der Waals surface area contributed by atoms with E-state index in [1.165, 1.54) is 18.2 Å². The van der Waals surface area contributed by atoms with Crippen LogP contribution >= 0.6 is 0 Å². The summed E-state index contributed by atoms with van der Waals surface area (Å²) >= 11 is 0. The van der Waals surface area contributed by atoms with Gasteiger partial charge in [-0.05, 0) is 37.0 Å². The van der Waals surface area contributed by atoms with Crippen molar-refractivity contribution in [2.45, 2.75) is 19.3 Å². The van der Waals surface area contributed by atoms with Crippen LogP contribution in [0, 0.1) is 5.92 Å². The fraction of sp³-hybridized carbons (Fsp3) is 0.462. The summed E-state index contributed by atoms with van der Waals surface area (Å²) in [6.07, 6.45) is -0.437. The molecule has 1 fully saturated rings. The zero-order chi connectivity index (χ0) is 13.8. The van der Waals surface area contributed by atoms with Gasteiger partial charge in [0.25, 0.3) is 6.43 Å². The van der Waals surface area contributed by atoms with Crippen LogP contribution in [0.4, 0.5) is 8.78 Å². The monoisotopic (exact) mass is 272 g/mol. The topological polar surface area (TPSA) is 55.8 Å². The molecule has 1 N–H and O–H groups in total. The van der Waals surface area contributed by atoms with Crippen molar-refractivity contribution >= 4 is 5.97 Å². The van der Waals surface area contributed by atoms with E-state index in [1.54, 1.807) is 0 Å². The first-order valence-corrected chi connectivity index (χ1v) is 5.97. The lowest BCUT2D eigenvalue weighted by Gasteiger charge is -2.13. The van der Waals surface area contributed by atoms with Gasteiger partial charge in [-0.2, -0.15) is 0 Å². The molecule has 0 saturated heterocycles. The molecule has 1 saturated carbocycles. The zero-order valence-electron chi connectivity index (χ0n) is 10.1. The maximum absolute atomic E-state index is 12.1. The molecule has 1 aliphatic rings. The number of halogens is 2. The SMILES string of the molecule is O=C(O)c1ccc(OCC(F)F)c(OCC2CC2)c1. The fourth-order valence-electron chi connectivity index (χ4n) is 1.52. The second-order valence-corrected chi connectivity index (χ2v) is 4.42. The molecule has 0 unspecified atom stereocenters. The molecule has 4 nitrogen and oxygen atoms in total. The number of carboxylic acids is 1. The molecule has 1 aromatic carbocycles. The van der Waals surface area contributed by atoms with E-state index in [0.29, 0.717) is 12.5 Å². The van der Waals surface area contributed by atoms with Crippen LogP contribution in [0.5, 0.6) is 11.5 Å². The molecule has 1 aliphatic carbocycles. The number of carbonyl (C=O) groups is 1. The summed E-state index contributed by atoms with van der Waals surface area (Å²) < 4.78 is 34.6. The predicted molar refractivity (Wildman–Crippen MR) is 63.1 cm³/mol. The Hall–Kier alpha value is -1.85. The van der Waals surface area contributed by atoms with Gasteiger partial charge in [0.2, 0.25) is 0 Å². The molecule has 2 rings (SSSR count). The van der Waals surface area contributed by atoms with Crippen LogP contribution in [-0.2, 0) is 0 Å². The number of hydrogen-bond donors (Lipinski definition) is 1. The highest BCUT2D eigenvalue weighted by Crippen LogP contribution is 2.33. The van der Waals surface area contributed by atoms with E-state index in [1.807, 2.05) is 0 Å². The van der Waals surface area contributed by atoms with Crippen molar-refractivity contribution in [2.75, 3.05) is 13.2 Å². The summed E-state index contributed by atoms with van der Waals surface area (Å²) in [7, 11) is 0. The van der Waals surface area contributed by atoms with Gasteiger partial charge in [-0.1, -0.05) is 0 Å². The van der Waals surface area contributed by atoms with Gasteiger partial charge in [-0.3, -0.25) is 0 Å². The van der Waals surface area contributed by atoms with Gasteiger partial charge in [-0.15, -0.1) is 0 Å². The van der Waals surface area contributed by atoms with Crippen LogP contribution in [0.3, 0.4) is 0 Å². The van der Waals surface area contributed by atoms with Crippen LogP contribution in [-0.4, -0.2) is 30.7 Å². The average molecular weight is 272 g/mol. The van der Waals surface area contributed by atoms with E-state index in [9.17, 15) is 13.6 Å². The van der Waals surface area contributed by atoms with Crippen molar-refractivity contribution in [1.82, 2.24) is 0 Å². The third-order valence-electron chi connectivity index (χ3n) is 2.73. The Bertz CT molecular complexity index is 458. The van der Waals surface area contributed by atoms with Gasteiger partial charge < -0.3 is 14.6 Å². The molecule has 0 aromatic heterocycles. The molecule has 0 heterocycles. The first-order valence-electron chi connectivity index (χ1n) is 5.97. The molecule has 1 aromatic rings. The van der Waals surface area contributed by atoms with Crippen molar-refractivity contribution in [3.63, 3.8) is 0 Å². The highest BCUT2D eigenvalue weighted by atomic mass is 19.3. The lowest BCUT2D eigenvalue weighted by molar-refractivity contribution is 0.0693. The standard InChI is InChI=1S/C13H14F2O4/c14-12(15)7-19-10-4-3-9(13(16)17)5-11(10)18-6-8-1-2-8/h3-5,8,12H,1-2,6-7H2,(H,16,17). The Morgan fingerprint density at radius 2 is 2.05 bits per heavy atom. The Morgan fingerprint density at radius 1 is 1.32 bits per heavy atom. The molecule has 104 valence electrons. The Morgan fingerprint density at radius 3 is 2.63 bits per heavy atom. The molecular formula is C13H14F2O4. The van der Waals surface area contributed by atoms with Crippen LogP contribution in [0.1, 0.15) is 23.2 Å². The quantitative estimate of drug-likeness (QED) is 0.829. The summed E-state index contributed by atoms with van der Waals surface area (Å²) in [4.78, 5) is 10.9. The Kier molecular flexibility index (Phi) is 4.19. The number of hydrogen-bond acceptors (Lipinski definition) is 3. The predicted octanol–water partition coefficient (Wildman–Crippen LogP) is 2.82. The minimum Gasteiger partial charge on any atom is -0.489 e. The van der Waals surface area contributed by atoms with Crippen LogP contribution in [0.25, 0.3) is 0 Å². The number of benzene rings is 1. The van der Waals surface area contributed by atoms with E-state index >= 15 is 0 Å². The normalized spacial score (nSPS) is 14.5. The van der Waals surface area contributed by atoms with E-state index in [-0.39, 0.29) is 17.1 Å². The van der Waals surface area contributed by atoms with Crippen molar-refractivity contribution in [3.8, 4) is 11.5 Å². The van der Waals surface area contributed by atoms with Gasteiger partial charge in [-0.25, -0.2) is 13.6 Å². The molecule has 6 heteroatoms. The van der Waals surface area contributed by atoms with E-state index in [2.05, 4.69) is 0 Å². The van der Waals surface area contributed by atoms with Crippen molar-refractivity contribution in [2.24, 2.45) is 5.92 Å². The second kappa shape index (κ2) is 5.86. The first kappa shape index (κ1) is 13.6. The summed E-state index contributed by atoms with van der Waals surface area (Å²) in [5, 5.41) is 8.89. The highest BCUT2D eigenvalue weighted by Gasteiger charge is 2.23. The van der Waals surface area contributed by atoms with Gasteiger partial charge in [0.15, 0.2) is 11.5 Å². The molecule has 0 radical (unpaired) electrons. The number of alkyl halides is 2. The summed E-state index contributed by atoms with van der Waals surface area (Å²) in [6.45, 7) is -0.291. The van der Waals surface area contributed by atoms with Crippen LogP contribution < -0.4 is 9.47 Å². The Labute approximate surface area is 108 Å². The van der Waals surface area contributed by atoms with E-state index < -0.39 is 19.0 Å². The summed E-state index contributed by atoms with van der Waals surface area (Å²) in [6, 6.07) is 3.94. The van der Waals surface area contributed by atoms with Gasteiger partial charge in [0, 0.05) is 0 Å². The molecule has 0 atom stereocenters. The highest BCUT2D eigenvalue weighted by molar-refractivity contribution is 5.88. The third kappa shape index (κ3) is 4.08. The molecule has 0 amide bonds. The first-order chi connectivity index (χ1) is 9.06. The number of rotatable bonds is 7. The van der Waals surface area contributed by atoms with Crippen molar-refractivity contribution < 1.29 is 28.2 Å². The van der Waals surface area contributed by atoms with E-state index in [0.717, 1.165) is 12.8 Å². The molecular weight excluding hydrogens is 258 g/mol. The zero-order valence-corrected chi connectivity index (χ0v) is 10.1.